The van der Waals surface area contributed by atoms with Crippen molar-refractivity contribution in [2.24, 2.45) is 5.92 Å². The average Bonchev–Trinajstić information content (AvgIpc) is 2.78. The molecule has 116 valence electrons. The van der Waals surface area contributed by atoms with Gasteiger partial charge < -0.3 is 10.0 Å². The molecule has 1 aliphatic rings. The third-order valence-corrected chi connectivity index (χ3v) is 6.85. The Bertz CT molecular complexity index is 359. The second kappa shape index (κ2) is 7.84. The summed E-state index contributed by atoms with van der Waals surface area (Å²) < 4.78 is -0.182. The van der Waals surface area contributed by atoms with Crippen LogP contribution in [0.5, 0.6) is 0 Å². The minimum Gasteiger partial charge on any atom is -0.480 e. The maximum Gasteiger partial charge on any atom is 0.326 e. The Hall–Kier alpha value is -0.0100. The lowest BCUT2D eigenvalue weighted by Gasteiger charge is -2.28. The van der Waals surface area contributed by atoms with Crippen LogP contribution in [0.3, 0.4) is 0 Å². The number of amides is 1. The zero-order valence-corrected chi connectivity index (χ0v) is 14.7. The average molecular weight is 338 g/mol. The topological polar surface area (TPSA) is 57.6 Å². The summed E-state index contributed by atoms with van der Waals surface area (Å²) in [6.45, 7) is 6.45. The van der Waals surface area contributed by atoms with E-state index < -0.39 is 12.0 Å². The molecule has 1 N–H and O–H groups in total. The largest absolute Gasteiger partial charge is 0.480 e. The quantitative estimate of drug-likeness (QED) is 0.552. The normalized spacial score (nSPS) is 22.8. The third kappa shape index (κ3) is 4.01. The number of nitrogens with zero attached hydrogens (tertiary/aromatic N) is 1. The lowest BCUT2D eigenvalue weighted by atomic mass is 10.1. The summed E-state index contributed by atoms with van der Waals surface area (Å²) in [4.78, 5) is 25.4. The molecule has 1 saturated heterocycles. The van der Waals surface area contributed by atoms with E-state index in [0.717, 1.165) is 11.5 Å². The van der Waals surface area contributed by atoms with Gasteiger partial charge in [0.15, 0.2) is 0 Å². The van der Waals surface area contributed by atoms with Crippen LogP contribution in [0, 0.1) is 5.92 Å². The maximum atomic E-state index is 12.4. The van der Waals surface area contributed by atoms with Crippen LogP contribution in [0.4, 0.5) is 0 Å². The number of hydrogen-bond donors (Lipinski definition) is 2. The van der Waals surface area contributed by atoms with E-state index in [1.54, 1.807) is 35.3 Å². The van der Waals surface area contributed by atoms with E-state index in [2.05, 4.69) is 26.5 Å². The van der Waals surface area contributed by atoms with Gasteiger partial charge in [-0.05, 0) is 11.5 Å². The van der Waals surface area contributed by atoms with Crippen LogP contribution in [0.1, 0.15) is 27.2 Å². The SMILES string of the molecule is CCSC1(SCC)C[C@@H](C(=O)O)N(C(=O)C(C)CS)C1. The predicted molar refractivity (Wildman–Crippen MR) is 89.8 cm³/mol. The second-order valence-corrected chi connectivity index (χ2v) is 8.80. The van der Waals surface area contributed by atoms with Gasteiger partial charge in [0.2, 0.25) is 5.91 Å². The summed E-state index contributed by atoms with van der Waals surface area (Å²) in [5, 5.41) is 9.42. The van der Waals surface area contributed by atoms with Gasteiger partial charge in [0.25, 0.3) is 0 Å². The van der Waals surface area contributed by atoms with Crippen LogP contribution in [-0.2, 0) is 9.59 Å². The van der Waals surface area contributed by atoms with E-state index in [4.69, 9.17) is 0 Å². The number of thioether (sulfide) groups is 2. The summed E-state index contributed by atoms with van der Waals surface area (Å²) in [6.07, 6.45) is 0.518. The monoisotopic (exact) mass is 337 g/mol. The highest BCUT2D eigenvalue weighted by atomic mass is 32.2. The Balaban J connectivity index is 2.98. The molecule has 0 saturated carbocycles. The lowest BCUT2D eigenvalue weighted by molar-refractivity contribution is -0.149. The summed E-state index contributed by atoms with van der Waals surface area (Å²) in [5.41, 5.74) is 0. The number of likely N-dealkylation sites (tertiary alicyclic amines) is 1. The van der Waals surface area contributed by atoms with Gasteiger partial charge in [-0.25, -0.2) is 4.79 Å². The minimum absolute atomic E-state index is 0.0947. The first-order chi connectivity index (χ1) is 9.40. The molecule has 1 rings (SSSR count). The van der Waals surface area contributed by atoms with E-state index in [1.807, 2.05) is 0 Å². The first kappa shape index (κ1) is 18.0. The van der Waals surface area contributed by atoms with Crippen LogP contribution in [0.2, 0.25) is 0 Å². The fourth-order valence-electron chi connectivity index (χ4n) is 2.43. The molecular formula is C13H23NO3S3. The minimum atomic E-state index is -0.903. The molecule has 20 heavy (non-hydrogen) atoms. The first-order valence-corrected chi connectivity index (χ1v) is 9.43. The Morgan fingerprint density at radius 3 is 2.35 bits per heavy atom. The fraction of sp³-hybridized carbons (Fsp3) is 0.846. The Morgan fingerprint density at radius 1 is 1.40 bits per heavy atom. The van der Waals surface area contributed by atoms with Crippen molar-refractivity contribution in [1.82, 2.24) is 4.90 Å². The first-order valence-electron chi connectivity index (χ1n) is 6.82. The Kier molecular flexibility index (Phi) is 7.08. The van der Waals surface area contributed by atoms with Gasteiger partial charge in [-0.3, -0.25) is 4.79 Å². The number of hydrogen-bond acceptors (Lipinski definition) is 5. The molecule has 0 aromatic rings. The molecular weight excluding hydrogens is 314 g/mol. The van der Waals surface area contributed by atoms with Crippen molar-refractivity contribution in [3.63, 3.8) is 0 Å². The van der Waals surface area contributed by atoms with Gasteiger partial charge in [-0.15, -0.1) is 23.5 Å². The van der Waals surface area contributed by atoms with E-state index in [0.29, 0.717) is 18.7 Å². The van der Waals surface area contributed by atoms with Crippen LogP contribution >= 0.6 is 36.2 Å². The smallest absolute Gasteiger partial charge is 0.326 e. The summed E-state index contributed by atoms with van der Waals surface area (Å²) in [6, 6.07) is -0.706. The molecule has 0 spiro atoms. The lowest BCUT2D eigenvalue weighted by Crippen LogP contribution is -2.43. The van der Waals surface area contributed by atoms with Crippen molar-refractivity contribution in [3.8, 4) is 0 Å². The van der Waals surface area contributed by atoms with E-state index in [-0.39, 0.29) is 15.9 Å². The van der Waals surface area contributed by atoms with Gasteiger partial charge >= 0.3 is 5.97 Å². The molecule has 1 aliphatic heterocycles. The number of carboxylic acids is 1. The summed E-state index contributed by atoms with van der Waals surface area (Å²) in [5.74, 6) is 1.04. The highest BCUT2D eigenvalue weighted by Crippen LogP contribution is 2.47. The number of rotatable bonds is 7. The van der Waals surface area contributed by atoms with E-state index in [9.17, 15) is 14.7 Å². The summed E-state index contributed by atoms with van der Waals surface area (Å²) >= 11 is 7.67. The molecule has 1 heterocycles. The highest BCUT2D eigenvalue weighted by Gasteiger charge is 2.49. The van der Waals surface area contributed by atoms with E-state index >= 15 is 0 Å². The Morgan fingerprint density at radius 2 is 1.95 bits per heavy atom. The van der Waals surface area contributed by atoms with Crippen molar-refractivity contribution in [2.75, 3.05) is 23.8 Å². The van der Waals surface area contributed by atoms with Crippen LogP contribution < -0.4 is 0 Å². The number of aliphatic carboxylic acids is 1. The van der Waals surface area contributed by atoms with Gasteiger partial charge in [-0.2, -0.15) is 12.6 Å². The zero-order valence-electron chi connectivity index (χ0n) is 12.2. The van der Waals surface area contributed by atoms with Gasteiger partial charge in [0, 0.05) is 24.6 Å². The molecule has 1 fully saturated rings. The molecule has 0 aromatic heterocycles. The van der Waals surface area contributed by atoms with Crippen molar-refractivity contribution in [3.05, 3.63) is 0 Å². The summed E-state index contributed by atoms with van der Waals surface area (Å²) in [7, 11) is 0. The highest BCUT2D eigenvalue weighted by molar-refractivity contribution is 8.18. The van der Waals surface area contributed by atoms with Crippen LogP contribution in [0.15, 0.2) is 0 Å². The number of thiol groups is 1. The van der Waals surface area contributed by atoms with E-state index in [1.165, 1.54) is 0 Å². The molecule has 1 unspecified atom stereocenters. The molecule has 4 nitrogen and oxygen atoms in total. The van der Waals surface area contributed by atoms with Crippen molar-refractivity contribution in [2.45, 2.75) is 37.3 Å². The third-order valence-electron chi connectivity index (χ3n) is 3.37. The fourth-order valence-corrected chi connectivity index (χ4v) is 5.69. The molecule has 0 aromatic carbocycles. The van der Waals surface area contributed by atoms with Gasteiger partial charge in [0.1, 0.15) is 6.04 Å². The molecule has 7 heteroatoms. The standard InChI is InChI=1S/C13H23NO3S3/c1-4-19-13(20-5-2)6-10(12(16)17)14(8-13)11(15)9(3)7-18/h9-10,18H,4-8H2,1-3H3,(H,16,17)/t9?,10-/m0/s1. The van der Waals surface area contributed by atoms with Gasteiger partial charge in [0.05, 0.1) is 4.08 Å². The molecule has 0 bridgehead atoms. The second-order valence-electron chi connectivity index (χ2n) is 4.88. The predicted octanol–water partition coefficient (Wildman–Crippen LogP) is 2.44. The zero-order chi connectivity index (χ0) is 15.3. The maximum absolute atomic E-state index is 12.4. The number of carbonyl (C=O) groups is 2. The van der Waals surface area contributed by atoms with Crippen LogP contribution in [-0.4, -0.2) is 55.8 Å². The van der Waals surface area contributed by atoms with Crippen LogP contribution in [0.25, 0.3) is 0 Å². The van der Waals surface area contributed by atoms with Crippen molar-refractivity contribution in [1.29, 1.82) is 0 Å². The Labute approximate surface area is 134 Å². The van der Waals surface area contributed by atoms with Crippen molar-refractivity contribution >= 4 is 48.0 Å². The molecule has 0 aliphatic carbocycles. The van der Waals surface area contributed by atoms with Crippen molar-refractivity contribution < 1.29 is 14.7 Å². The van der Waals surface area contributed by atoms with Gasteiger partial charge in [-0.1, -0.05) is 20.8 Å². The molecule has 0 radical (unpaired) electrons. The molecule has 2 atom stereocenters. The molecule has 1 amide bonds. The number of carbonyl (C=O) groups excluding carboxylic acids is 1. The number of carboxylic acid groups (broad SMARTS) is 1.